The van der Waals surface area contributed by atoms with Crippen molar-refractivity contribution in [2.45, 2.75) is 59.5 Å². The molecule has 116 valence electrons. The van der Waals surface area contributed by atoms with Crippen molar-refractivity contribution in [3.8, 4) is 0 Å². The van der Waals surface area contributed by atoms with Crippen LogP contribution in [0.2, 0.25) is 0 Å². The van der Waals surface area contributed by atoms with Gasteiger partial charge in [0.25, 0.3) is 0 Å². The van der Waals surface area contributed by atoms with Gasteiger partial charge in [0, 0.05) is 12.6 Å². The van der Waals surface area contributed by atoms with Crippen molar-refractivity contribution in [3.63, 3.8) is 0 Å². The van der Waals surface area contributed by atoms with Crippen LogP contribution in [0.15, 0.2) is 0 Å². The molecule has 0 aromatic heterocycles. The SMILES string of the molecule is COC(=O)N[C@H](C(=O)N1CCC[C@H]1C(C)(C)C)C(C)C. The molecule has 1 rings (SSSR count). The molecule has 0 radical (unpaired) electrons. The number of nitrogens with zero attached hydrogens (tertiary/aromatic N) is 1. The summed E-state index contributed by atoms with van der Waals surface area (Å²) in [5, 5.41) is 2.66. The van der Waals surface area contributed by atoms with Crippen molar-refractivity contribution in [2.24, 2.45) is 11.3 Å². The number of hydrogen-bond donors (Lipinski definition) is 1. The Morgan fingerprint density at radius 1 is 1.30 bits per heavy atom. The van der Waals surface area contributed by atoms with Crippen molar-refractivity contribution in [2.75, 3.05) is 13.7 Å². The van der Waals surface area contributed by atoms with E-state index in [1.807, 2.05) is 18.7 Å². The topological polar surface area (TPSA) is 58.6 Å². The van der Waals surface area contributed by atoms with E-state index in [9.17, 15) is 9.59 Å². The summed E-state index contributed by atoms with van der Waals surface area (Å²) in [6, 6.07) is -0.291. The number of nitrogens with one attached hydrogen (secondary N) is 1. The predicted octanol–water partition coefficient (Wildman–Crippen LogP) is 2.40. The van der Waals surface area contributed by atoms with Gasteiger partial charge < -0.3 is 15.0 Å². The Morgan fingerprint density at radius 3 is 2.35 bits per heavy atom. The summed E-state index contributed by atoms with van der Waals surface area (Å²) >= 11 is 0. The van der Waals surface area contributed by atoms with E-state index >= 15 is 0 Å². The van der Waals surface area contributed by atoms with Gasteiger partial charge in [-0.1, -0.05) is 34.6 Å². The van der Waals surface area contributed by atoms with E-state index < -0.39 is 12.1 Å². The van der Waals surface area contributed by atoms with Crippen LogP contribution < -0.4 is 5.32 Å². The average Bonchev–Trinajstić information content (AvgIpc) is 2.83. The Bertz CT molecular complexity index is 361. The van der Waals surface area contributed by atoms with Gasteiger partial charge in [-0.25, -0.2) is 4.79 Å². The van der Waals surface area contributed by atoms with E-state index in [4.69, 9.17) is 0 Å². The first-order valence-corrected chi connectivity index (χ1v) is 7.33. The molecule has 0 aromatic carbocycles. The third-order valence-corrected chi connectivity index (χ3v) is 3.93. The molecule has 2 amide bonds. The first-order valence-electron chi connectivity index (χ1n) is 7.33. The minimum Gasteiger partial charge on any atom is -0.453 e. The Kier molecular flexibility index (Phi) is 5.42. The summed E-state index contributed by atoms with van der Waals surface area (Å²) < 4.78 is 4.62. The van der Waals surface area contributed by atoms with Gasteiger partial charge in [0.1, 0.15) is 6.04 Å². The summed E-state index contributed by atoms with van der Waals surface area (Å²) in [6.07, 6.45) is 1.50. The predicted molar refractivity (Wildman–Crippen MR) is 78.4 cm³/mol. The zero-order valence-corrected chi connectivity index (χ0v) is 13.5. The van der Waals surface area contributed by atoms with Crippen LogP contribution in [0.4, 0.5) is 4.79 Å². The van der Waals surface area contributed by atoms with Crippen LogP contribution in [-0.2, 0) is 9.53 Å². The van der Waals surface area contributed by atoms with Gasteiger partial charge in [0.15, 0.2) is 0 Å². The Labute approximate surface area is 122 Å². The lowest BCUT2D eigenvalue weighted by atomic mass is 9.85. The van der Waals surface area contributed by atoms with Crippen LogP contribution in [0.1, 0.15) is 47.5 Å². The van der Waals surface area contributed by atoms with Gasteiger partial charge in [-0.3, -0.25) is 4.79 Å². The highest BCUT2D eigenvalue weighted by Crippen LogP contribution is 2.33. The van der Waals surface area contributed by atoms with E-state index in [2.05, 4.69) is 30.8 Å². The fraction of sp³-hybridized carbons (Fsp3) is 0.867. The number of rotatable bonds is 3. The zero-order valence-electron chi connectivity index (χ0n) is 13.5. The molecule has 0 bridgehead atoms. The van der Waals surface area contributed by atoms with Crippen molar-refractivity contribution in [3.05, 3.63) is 0 Å². The van der Waals surface area contributed by atoms with E-state index in [1.165, 1.54) is 7.11 Å². The number of methoxy groups -OCH3 is 1. The van der Waals surface area contributed by atoms with Gasteiger partial charge in [0.2, 0.25) is 5.91 Å². The molecule has 20 heavy (non-hydrogen) atoms. The molecule has 0 unspecified atom stereocenters. The van der Waals surface area contributed by atoms with E-state index in [1.54, 1.807) is 0 Å². The number of amides is 2. The van der Waals surface area contributed by atoms with Crippen molar-refractivity contribution >= 4 is 12.0 Å². The first kappa shape index (κ1) is 16.8. The molecule has 1 heterocycles. The summed E-state index contributed by atoms with van der Waals surface area (Å²) in [7, 11) is 1.31. The highest BCUT2D eigenvalue weighted by Gasteiger charge is 2.40. The molecule has 5 heteroatoms. The molecule has 5 nitrogen and oxygen atoms in total. The van der Waals surface area contributed by atoms with Gasteiger partial charge >= 0.3 is 6.09 Å². The lowest BCUT2D eigenvalue weighted by Crippen LogP contribution is -2.54. The maximum atomic E-state index is 12.8. The van der Waals surface area contributed by atoms with Crippen molar-refractivity contribution in [1.29, 1.82) is 0 Å². The minimum atomic E-state index is -0.552. The highest BCUT2D eigenvalue weighted by molar-refractivity contribution is 5.86. The fourth-order valence-corrected chi connectivity index (χ4v) is 2.81. The van der Waals surface area contributed by atoms with E-state index in [0.29, 0.717) is 0 Å². The number of hydrogen-bond acceptors (Lipinski definition) is 3. The first-order chi connectivity index (χ1) is 9.18. The number of likely N-dealkylation sites (tertiary alicyclic amines) is 1. The maximum absolute atomic E-state index is 12.8. The molecular weight excluding hydrogens is 256 g/mol. The van der Waals surface area contributed by atoms with Crippen LogP contribution in [0.5, 0.6) is 0 Å². The molecule has 0 aliphatic carbocycles. The fourth-order valence-electron chi connectivity index (χ4n) is 2.81. The highest BCUT2D eigenvalue weighted by atomic mass is 16.5. The van der Waals surface area contributed by atoms with Crippen LogP contribution in [0.25, 0.3) is 0 Å². The quantitative estimate of drug-likeness (QED) is 0.865. The van der Waals surface area contributed by atoms with Crippen molar-refractivity contribution in [1.82, 2.24) is 10.2 Å². The average molecular weight is 284 g/mol. The zero-order chi connectivity index (χ0) is 15.5. The van der Waals surface area contributed by atoms with Gasteiger partial charge in [-0.15, -0.1) is 0 Å². The Balaban J connectivity index is 2.86. The molecule has 1 saturated heterocycles. The van der Waals surface area contributed by atoms with Crippen LogP contribution in [0, 0.1) is 11.3 Å². The molecule has 1 aliphatic heterocycles. The number of alkyl carbamates (subject to hydrolysis) is 1. The summed E-state index contributed by atoms with van der Waals surface area (Å²) in [6.45, 7) is 11.1. The van der Waals surface area contributed by atoms with Gasteiger partial charge in [0.05, 0.1) is 7.11 Å². The molecule has 1 fully saturated rings. The lowest BCUT2D eigenvalue weighted by Gasteiger charge is -2.37. The molecule has 0 saturated carbocycles. The number of carbonyl (C=O) groups is 2. The lowest BCUT2D eigenvalue weighted by molar-refractivity contribution is -0.137. The second-order valence-corrected chi connectivity index (χ2v) is 6.91. The second kappa shape index (κ2) is 6.46. The maximum Gasteiger partial charge on any atom is 0.407 e. The standard InChI is InChI=1S/C15H28N2O3/c1-10(2)12(16-14(19)20-6)13(18)17-9-7-8-11(17)15(3,4)5/h10-12H,7-9H2,1-6H3,(H,16,19)/t11-,12-/m0/s1. The summed E-state index contributed by atoms with van der Waals surface area (Å²) in [4.78, 5) is 26.1. The second-order valence-electron chi connectivity index (χ2n) is 6.91. The molecule has 2 atom stereocenters. The molecule has 1 aliphatic rings. The number of carbonyl (C=O) groups excluding carboxylic acids is 2. The van der Waals surface area contributed by atoms with Gasteiger partial charge in [-0.2, -0.15) is 0 Å². The molecule has 0 aromatic rings. The van der Waals surface area contributed by atoms with Crippen molar-refractivity contribution < 1.29 is 14.3 Å². The van der Waals surface area contributed by atoms with Crippen LogP contribution in [-0.4, -0.2) is 42.6 Å². The molecule has 1 N–H and O–H groups in total. The summed E-state index contributed by atoms with van der Waals surface area (Å²) in [5.41, 5.74) is 0.0545. The van der Waals surface area contributed by atoms with E-state index in [-0.39, 0.29) is 23.3 Å². The van der Waals surface area contributed by atoms with Crippen LogP contribution in [0.3, 0.4) is 0 Å². The molecular formula is C15H28N2O3. The Morgan fingerprint density at radius 2 is 1.90 bits per heavy atom. The Hall–Kier alpha value is -1.26. The number of ether oxygens (including phenoxy) is 1. The van der Waals surface area contributed by atoms with Crippen LogP contribution >= 0.6 is 0 Å². The van der Waals surface area contributed by atoms with E-state index in [0.717, 1.165) is 19.4 Å². The van der Waals surface area contributed by atoms with Gasteiger partial charge in [-0.05, 0) is 24.2 Å². The normalized spacial score (nSPS) is 20.9. The monoisotopic (exact) mass is 284 g/mol. The summed E-state index contributed by atoms with van der Waals surface area (Å²) in [5.74, 6) is 0.0330. The third kappa shape index (κ3) is 3.87. The minimum absolute atomic E-state index is 0.00262. The smallest absolute Gasteiger partial charge is 0.407 e. The largest absolute Gasteiger partial charge is 0.453 e. The molecule has 0 spiro atoms. The third-order valence-electron chi connectivity index (χ3n) is 3.93.